The number of halogens is 1. The highest BCUT2D eigenvalue weighted by Crippen LogP contribution is 2.26. The number of ether oxygens (including phenoxy) is 2. The zero-order valence-electron chi connectivity index (χ0n) is 13.6. The van der Waals surface area contributed by atoms with Crippen molar-refractivity contribution in [3.8, 4) is 5.75 Å². The molecule has 0 amide bonds. The fourth-order valence-corrected chi connectivity index (χ4v) is 2.78. The first-order valence-corrected chi connectivity index (χ1v) is 8.59. The molecule has 0 fully saturated rings. The van der Waals surface area contributed by atoms with Crippen molar-refractivity contribution in [3.05, 3.63) is 63.2 Å². The molecule has 122 valence electrons. The number of hydrogen-bond acceptors (Lipinski definition) is 3. The fraction of sp³-hybridized carbons (Fsp3) is 0.316. The van der Waals surface area contributed by atoms with Crippen LogP contribution in [0, 0.1) is 3.57 Å². The number of benzene rings is 2. The Kier molecular flexibility index (Phi) is 6.04. The van der Waals surface area contributed by atoms with Crippen molar-refractivity contribution < 1.29 is 14.3 Å². The van der Waals surface area contributed by atoms with E-state index in [0.29, 0.717) is 6.61 Å². The first-order chi connectivity index (χ1) is 10.8. The van der Waals surface area contributed by atoms with Gasteiger partial charge in [0.05, 0.1) is 9.99 Å². The molecule has 2 aromatic rings. The highest BCUT2D eigenvalue weighted by atomic mass is 127. The van der Waals surface area contributed by atoms with Crippen molar-refractivity contribution in [2.75, 3.05) is 0 Å². The van der Waals surface area contributed by atoms with Crippen molar-refractivity contribution in [2.24, 2.45) is 0 Å². The lowest BCUT2D eigenvalue weighted by atomic mass is 10.1. The molecule has 0 saturated heterocycles. The minimum Gasteiger partial charge on any atom is -0.488 e. The number of hydrogen-bond donors (Lipinski definition) is 0. The van der Waals surface area contributed by atoms with Crippen LogP contribution in [0.15, 0.2) is 48.5 Å². The van der Waals surface area contributed by atoms with Crippen LogP contribution >= 0.6 is 22.6 Å². The van der Waals surface area contributed by atoms with Crippen molar-refractivity contribution in [2.45, 2.75) is 39.4 Å². The molecule has 0 aliphatic heterocycles. The molecule has 0 saturated carbocycles. The monoisotopic (exact) mass is 424 g/mol. The minimum absolute atomic E-state index is 0.226. The van der Waals surface area contributed by atoms with Crippen molar-refractivity contribution in [1.82, 2.24) is 0 Å². The summed E-state index contributed by atoms with van der Waals surface area (Å²) in [5, 5.41) is 0. The van der Waals surface area contributed by atoms with E-state index in [1.165, 1.54) is 0 Å². The Morgan fingerprint density at radius 1 is 1.04 bits per heavy atom. The second kappa shape index (κ2) is 7.81. The second-order valence-electron chi connectivity index (χ2n) is 6.27. The molecular weight excluding hydrogens is 403 g/mol. The highest BCUT2D eigenvalue weighted by Gasteiger charge is 2.18. The van der Waals surface area contributed by atoms with Gasteiger partial charge in [-0.1, -0.05) is 42.5 Å². The van der Waals surface area contributed by atoms with E-state index < -0.39 is 5.60 Å². The van der Waals surface area contributed by atoms with Crippen LogP contribution in [0.1, 0.15) is 31.9 Å². The maximum absolute atomic E-state index is 12.0. The lowest BCUT2D eigenvalue weighted by Gasteiger charge is -2.20. The molecule has 0 aromatic heterocycles. The molecule has 0 aliphatic rings. The number of rotatable bonds is 5. The van der Waals surface area contributed by atoms with Gasteiger partial charge in [-0.05, 0) is 60.6 Å². The van der Waals surface area contributed by atoms with Gasteiger partial charge in [0.25, 0.3) is 0 Å². The van der Waals surface area contributed by atoms with Gasteiger partial charge in [-0.15, -0.1) is 0 Å². The van der Waals surface area contributed by atoms with E-state index >= 15 is 0 Å². The Labute approximate surface area is 151 Å². The van der Waals surface area contributed by atoms with Crippen LogP contribution in [0.25, 0.3) is 0 Å². The molecule has 0 aliphatic carbocycles. The summed E-state index contributed by atoms with van der Waals surface area (Å²) in [4.78, 5) is 12.0. The average Bonchev–Trinajstić information content (AvgIpc) is 2.47. The van der Waals surface area contributed by atoms with E-state index in [1.54, 1.807) is 0 Å². The summed E-state index contributed by atoms with van der Waals surface area (Å²) in [5.74, 6) is 0.561. The molecule has 0 heterocycles. The maximum atomic E-state index is 12.0. The summed E-state index contributed by atoms with van der Waals surface area (Å²) in [5.41, 5.74) is 1.57. The summed E-state index contributed by atoms with van der Waals surface area (Å²) in [6.45, 7) is 6.12. The quantitative estimate of drug-likeness (QED) is 0.513. The third-order valence-electron chi connectivity index (χ3n) is 3.04. The van der Waals surface area contributed by atoms with Gasteiger partial charge in [0, 0.05) is 0 Å². The van der Waals surface area contributed by atoms with Gasteiger partial charge in [0.2, 0.25) is 0 Å². The van der Waals surface area contributed by atoms with E-state index in [2.05, 4.69) is 22.6 Å². The summed E-state index contributed by atoms with van der Waals surface area (Å²) >= 11 is 2.22. The third kappa shape index (κ3) is 5.86. The molecule has 0 N–H and O–H groups in total. The van der Waals surface area contributed by atoms with Crippen molar-refractivity contribution >= 4 is 28.6 Å². The van der Waals surface area contributed by atoms with Crippen LogP contribution in [0.3, 0.4) is 0 Å². The maximum Gasteiger partial charge on any atom is 0.310 e. The van der Waals surface area contributed by atoms with Crippen LogP contribution in [-0.4, -0.2) is 11.6 Å². The Morgan fingerprint density at radius 3 is 2.39 bits per heavy atom. The SMILES string of the molecule is CC(C)(C)OC(=O)Cc1cccc(OCc2ccccc2)c1I. The standard InChI is InChI=1S/C19H21IO3/c1-19(2,3)23-17(21)12-15-10-7-11-16(18(15)20)22-13-14-8-5-4-6-9-14/h4-11H,12-13H2,1-3H3. The Morgan fingerprint density at radius 2 is 1.74 bits per heavy atom. The van der Waals surface area contributed by atoms with Gasteiger partial charge in [-0.25, -0.2) is 0 Å². The van der Waals surface area contributed by atoms with E-state index in [-0.39, 0.29) is 12.4 Å². The summed E-state index contributed by atoms with van der Waals surface area (Å²) in [6.07, 6.45) is 0.248. The Balaban J connectivity index is 2.04. The molecule has 2 aromatic carbocycles. The van der Waals surface area contributed by atoms with E-state index in [1.807, 2.05) is 69.3 Å². The molecule has 23 heavy (non-hydrogen) atoms. The highest BCUT2D eigenvalue weighted by molar-refractivity contribution is 14.1. The summed E-state index contributed by atoms with van der Waals surface area (Å²) in [6, 6.07) is 15.8. The summed E-state index contributed by atoms with van der Waals surface area (Å²) in [7, 11) is 0. The molecule has 2 rings (SSSR count). The molecule has 0 bridgehead atoms. The van der Waals surface area contributed by atoms with Gasteiger partial charge in [-0.2, -0.15) is 0 Å². The summed E-state index contributed by atoms with van der Waals surface area (Å²) < 4.78 is 12.2. The van der Waals surface area contributed by atoms with Gasteiger partial charge < -0.3 is 9.47 Å². The van der Waals surface area contributed by atoms with Gasteiger partial charge in [-0.3, -0.25) is 4.79 Å². The third-order valence-corrected chi connectivity index (χ3v) is 4.26. The normalized spacial score (nSPS) is 11.1. The van der Waals surface area contributed by atoms with E-state index in [9.17, 15) is 4.79 Å². The zero-order valence-corrected chi connectivity index (χ0v) is 15.8. The van der Waals surface area contributed by atoms with Crippen LogP contribution in [0.5, 0.6) is 5.75 Å². The fourth-order valence-electron chi connectivity index (χ4n) is 2.07. The Hall–Kier alpha value is -1.56. The van der Waals surface area contributed by atoms with Crippen LogP contribution in [-0.2, 0) is 22.6 Å². The predicted octanol–water partition coefficient (Wildman–Crippen LogP) is 4.75. The van der Waals surface area contributed by atoms with Gasteiger partial charge >= 0.3 is 5.97 Å². The minimum atomic E-state index is -0.468. The van der Waals surface area contributed by atoms with Crippen molar-refractivity contribution in [3.63, 3.8) is 0 Å². The average molecular weight is 424 g/mol. The molecule has 0 radical (unpaired) electrons. The largest absolute Gasteiger partial charge is 0.488 e. The molecule has 3 nitrogen and oxygen atoms in total. The first-order valence-electron chi connectivity index (χ1n) is 7.51. The molecule has 0 atom stereocenters. The van der Waals surface area contributed by atoms with Crippen LogP contribution in [0.2, 0.25) is 0 Å². The van der Waals surface area contributed by atoms with Gasteiger partial charge in [0.15, 0.2) is 0 Å². The van der Waals surface area contributed by atoms with Crippen molar-refractivity contribution in [1.29, 1.82) is 0 Å². The number of carbonyl (C=O) groups is 1. The van der Waals surface area contributed by atoms with Crippen LogP contribution in [0.4, 0.5) is 0 Å². The lowest BCUT2D eigenvalue weighted by Crippen LogP contribution is -2.25. The number of carbonyl (C=O) groups excluding carboxylic acids is 1. The smallest absolute Gasteiger partial charge is 0.310 e. The zero-order chi connectivity index (χ0) is 16.9. The Bertz CT molecular complexity index is 660. The molecule has 0 unspecified atom stereocenters. The predicted molar refractivity (Wildman–Crippen MR) is 99.5 cm³/mol. The second-order valence-corrected chi connectivity index (χ2v) is 7.35. The van der Waals surface area contributed by atoms with E-state index in [0.717, 1.165) is 20.4 Å². The lowest BCUT2D eigenvalue weighted by molar-refractivity contribution is -0.153. The number of esters is 1. The topological polar surface area (TPSA) is 35.5 Å². The van der Waals surface area contributed by atoms with Gasteiger partial charge in [0.1, 0.15) is 18.0 Å². The van der Waals surface area contributed by atoms with E-state index in [4.69, 9.17) is 9.47 Å². The molecule has 4 heteroatoms. The molecule has 0 spiro atoms. The molecular formula is C19H21IO3. The van der Waals surface area contributed by atoms with Crippen LogP contribution < -0.4 is 4.74 Å². The first kappa shape index (κ1) is 17.8.